The minimum atomic E-state index is -1.14. The molecule has 0 aliphatic carbocycles. The average Bonchev–Trinajstić information content (AvgIpc) is 3.19. The Labute approximate surface area is 177 Å². The molecule has 0 unspecified atom stereocenters. The number of carbonyl (C=O) groups is 3. The minimum absolute atomic E-state index is 0.0496. The number of carbonyl (C=O) groups excluding carboxylic acids is 2. The van der Waals surface area contributed by atoms with Gasteiger partial charge in [-0.05, 0) is 48.9 Å². The Morgan fingerprint density at radius 3 is 2.57 bits per heavy atom. The standard InChI is InChI=1S/C21H20N2O6S/c1-13(21(26)27)8-19(24)23-15-3-5-16(6-4-15)30-11-20(25)22-10-14-2-7-17-18(9-14)29-12-28-17/h2-9H,10-12H2,1H3,(H,22,25)(H,23,24)(H,26,27)/b13-8+. The van der Waals surface area contributed by atoms with Gasteiger partial charge in [0, 0.05) is 28.8 Å². The smallest absolute Gasteiger partial charge is 0.331 e. The molecule has 0 atom stereocenters. The summed E-state index contributed by atoms with van der Waals surface area (Å²) in [5.74, 6) is -0.141. The molecule has 1 aliphatic heterocycles. The van der Waals surface area contributed by atoms with Gasteiger partial charge in [-0.15, -0.1) is 11.8 Å². The lowest BCUT2D eigenvalue weighted by Crippen LogP contribution is -2.24. The van der Waals surface area contributed by atoms with Gasteiger partial charge in [0.1, 0.15) is 0 Å². The molecular formula is C21H20N2O6S. The van der Waals surface area contributed by atoms with Gasteiger partial charge < -0.3 is 25.2 Å². The van der Waals surface area contributed by atoms with E-state index < -0.39 is 11.9 Å². The van der Waals surface area contributed by atoms with E-state index in [0.29, 0.717) is 23.7 Å². The average molecular weight is 428 g/mol. The first-order chi connectivity index (χ1) is 14.4. The third kappa shape index (κ3) is 6.02. The van der Waals surface area contributed by atoms with Crippen molar-refractivity contribution in [3.05, 3.63) is 59.7 Å². The highest BCUT2D eigenvalue weighted by atomic mass is 32.2. The molecule has 9 heteroatoms. The Bertz CT molecular complexity index is 987. The van der Waals surface area contributed by atoms with E-state index in [1.165, 1.54) is 18.7 Å². The predicted molar refractivity (Wildman–Crippen MR) is 112 cm³/mol. The van der Waals surface area contributed by atoms with Gasteiger partial charge in [-0.1, -0.05) is 6.07 Å². The fraction of sp³-hybridized carbons (Fsp3) is 0.190. The lowest BCUT2D eigenvalue weighted by atomic mass is 10.2. The van der Waals surface area contributed by atoms with Crippen LogP contribution in [0.4, 0.5) is 5.69 Å². The molecule has 3 N–H and O–H groups in total. The first-order valence-electron chi connectivity index (χ1n) is 9.01. The van der Waals surface area contributed by atoms with Gasteiger partial charge >= 0.3 is 5.97 Å². The number of hydrogen-bond donors (Lipinski definition) is 3. The number of carboxylic acids is 1. The van der Waals surface area contributed by atoms with Crippen LogP contribution in [0.3, 0.4) is 0 Å². The number of fused-ring (bicyclic) bond motifs is 1. The van der Waals surface area contributed by atoms with Gasteiger partial charge in [-0.25, -0.2) is 4.79 Å². The third-order valence-electron chi connectivity index (χ3n) is 4.10. The van der Waals surface area contributed by atoms with Crippen molar-refractivity contribution in [2.45, 2.75) is 18.4 Å². The van der Waals surface area contributed by atoms with E-state index in [1.54, 1.807) is 24.3 Å². The molecule has 30 heavy (non-hydrogen) atoms. The van der Waals surface area contributed by atoms with Crippen LogP contribution in [0.15, 0.2) is 59.0 Å². The van der Waals surface area contributed by atoms with Crippen LogP contribution in [-0.4, -0.2) is 35.4 Å². The molecular weight excluding hydrogens is 408 g/mol. The van der Waals surface area contributed by atoms with Crippen LogP contribution < -0.4 is 20.1 Å². The molecule has 0 bridgehead atoms. The van der Waals surface area contributed by atoms with Gasteiger partial charge in [0.15, 0.2) is 11.5 Å². The summed E-state index contributed by atoms with van der Waals surface area (Å²) in [6.45, 7) is 1.95. The van der Waals surface area contributed by atoms with Crippen LogP contribution >= 0.6 is 11.8 Å². The lowest BCUT2D eigenvalue weighted by Gasteiger charge is -2.07. The highest BCUT2D eigenvalue weighted by Gasteiger charge is 2.13. The number of carboxylic acid groups (broad SMARTS) is 1. The molecule has 156 valence electrons. The van der Waals surface area contributed by atoms with Crippen LogP contribution in [0.2, 0.25) is 0 Å². The number of benzene rings is 2. The molecule has 8 nitrogen and oxygen atoms in total. The topological polar surface area (TPSA) is 114 Å². The first-order valence-corrected chi connectivity index (χ1v) is 10.00. The molecule has 3 rings (SSSR count). The molecule has 1 aliphatic rings. The zero-order valence-electron chi connectivity index (χ0n) is 16.1. The largest absolute Gasteiger partial charge is 0.478 e. The van der Waals surface area contributed by atoms with E-state index >= 15 is 0 Å². The van der Waals surface area contributed by atoms with Crippen molar-refractivity contribution in [3.63, 3.8) is 0 Å². The Balaban J connectivity index is 1.43. The van der Waals surface area contributed by atoms with Gasteiger partial charge in [0.05, 0.1) is 5.75 Å². The van der Waals surface area contributed by atoms with Crippen molar-refractivity contribution >= 4 is 35.2 Å². The summed E-state index contributed by atoms with van der Waals surface area (Å²) >= 11 is 1.37. The first kappa shape index (κ1) is 21.3. The van der Waals surface area contributed by atoms with Crippen molar-refractivity contribution in [1.29, 1.82) is 0 Å². The quantitative estimate of drug-likeness (QED) is 0.438. The second-order valence-electron chi connectivity index (χ2n) is 6.40. The second-order valence-corrected chi connectivity index (χ2v) is 7.45. The van der Waals surface area contributed by atoms with Gasteiger partial charge in [0.2, 0.25) is 18.6 Å². The lowest BCUT2D eigenvalue weighted by molar-refractivity contribution is -0.132. The molecule has 2 aromatic carbocycles. The summed E-state index contributed by atoms with van der Waals surface area (Å²) in [5.41, 5.74) is 1.40. The molecule has 2 amide bonds. The van der Waals surface area contributed by atoms with Crippen LogP contribution in [0.25, 0.3) is 0 Å². The van der Waals surface area contributed by atoms with Crippen molar-refractivity contribution in [1.82, 2.24) is 5.32 Å². The number of thioether (sulfide) groups is 1. The summed E-state index contributed by atoms with van der Waals surface area (Å²) in [5, 5.41) is 14.2. The maximum absolute atomic E-state index is 12.1. The third-order valence-corrected chi connectivity index (χ3v) is 5.12. The van der Waals surface area contributed by atoms with E-state index in [0.717, 1.165) is 16.5 Å². The van der Waals surface area contributed by atoms with Gasteiger partial charge in [-0.2, -0.15) is 0 Å². The fourth-order valence-corrected chi connectivity index (χ4v) is 3.25. The molecule has 0 saturated heterocycles. The molecule has 0 aromatic heterocycles. The maximum atomic E-state index is 12.1. The van der Waals surface area contributed by atoms with Crippen molar-refractivity contribution in [2.75, 3.05) is 17.9 Å². The number of ether oxygens (including phenoxy) is 2. The number of nitrogens with one attached hydrogen (secondary N) is 2. The molecule has 0 fully saturated rings. The zero-order chi connectivity index (χ0) is 21.5. The van der Waals surface area contributed by atoms with Gasteiger partial charge in [-0.3, -0.25) is 9.59 Å². The highest BCUT2D eigenvalue weighted by Crippen LogP contribution is 2.32. The number of anilines is 1. The Morgan fingerprint density at radius 2 is 1.83 bits per heavy atom. The van der Waals surface area contributed by atoms with Crippen LogP contribution in [-0.2, 0) is 20.9 Å². The monoisotopic (exact) mass is 428 g/mol. The second kappa shape index (κ2) is 9.84. The number of aliphatic carboxylic acids is 1. The Kier molecular flexibility index (Phi) is 6.97. The highest BCUT2D eigenvalue weighted by molar-refractivity contribution is 8.00. The Hall–Kier alpha value is -3.46. The molecule has 0 spiro atoms. The van der Waals surface area contributed by atoms with Crippen LogP contribution in [0, 0.1) is 0 Å². The maximum Gasteiger partial charge on any atom is 0.331 e. The summed E-state index contributed by atoms with van der Waals surface area (Å²) in [6, 6.07) is 12.5. The summed E-state index contributed by atoms with van der Waals surface area (Å²) in [6.07, 6.45) is 1.02. The summed E-state index contributed by atoms with van der Waals surface area (Å²) in [7, 11) is 0. The SMILES string of the molecule is C/C(=C\C(=O)Nc1ccc(SCC(=O)NCc2ccc3c(c2)OCO3)cc1)C(=O)O. The normalized spacial score (nSPS) is 12.4. The van der Waals surface area contributed by atoms with E-state index in [2.05, 4.69) is 10.6 Å². The minimum Gasteiger partial charge on any atom is -0.478 e. The number of rotatable bonds is 8. The predicted octanol–water partition coefficient (Wildman–Crippen LogP) is 2.79. The van der Waals surface area contributed by atoms with E-state index in [1.807, 2.05) is 18.2 Å². The van der Waals surface area contributed by atoms with Gasteiger partial charge in [0.25, 0.3) is 0 Å². The molecule has 2 aromatic rings. The van der Waals surface area contributed by atoms with Crippen LogP contribution in [0.1, 0.15) is 12.5 Å². The van der Waals surface area contributed by atoms with E-state index in [4.69, 9.17) is 14.6 Å². The van der Waals surface area contributed by atoms with E-state index in [9.17, 15) is 14.4 Å². The van der Waals surface area contributed by atoms with Crippen molar-refractivity contribution < 1.29 is 29.0 Å². The fourth-order valence-electron chi connectivity index (χ4n) is 2.52. The Morgan fingerprint density at radius 1 is 1.10 bits per heavy atom. The van der Waals surface area contributed by atoms with Crippen LogP contribution in [0.5, 0.6) is 11.5 Å². The molecule has 0 saturated carbocycles. The van der Waals surface area contributed by atoms with Crippen molar-refractivity contribution in [2.24, 2.45) is 0 Å². The molecule has 1 heterocycles. The summed E-state index contributed by atoms with van der Waals surface area (Å²) in [4.78, 5) is 35.4. The zero-order valence-corrected chi connectivity index (χ0v) is 17.0. The molecule has 0 radical (unpaired) electrons. The number of amides is 2. The summed E-state index contributed by atoms with van der Waals surface area (Å²) < 4.78 is 10.6. The van der Waals surface area contributed by atoms with Crippen molar-refractivity contribution in [3.8, 4) is 11.5 Å². The van der Waals surface area contributed by atoms with E-state index in [-0.39, 0.29) is 24.0 Å². The number of hydrogen-bond acceptors (Lipinski definition) is 6.